The maximum atomic E-state index is 13.0. The van der Waals surface area contributed by atoms with Crippen molar-refractivity contribution in [3.63, 3.8) is 0 Å². The number of benzene rings is 1. The molecule has 3 rings (SSSR count). The Morgan fingerprint density at radius 2 is 1.48 bits per heavy atom. The molecule has 2 heterocycles. The molecule has 1 atom stereocenters. The smallest absolute Gasteiger partial charge is 0.354 e. The standard InChI is InChI=1S/C23H26N2O6/c1-14(2)23-12-19(22(28)31-6)24(3)17-9-7-8-10-18(17)25(23)13-15(20(26)29-4)11-16(23)21(27)30-5/h7-14H,1-6H3/t23-/m0/s1. The quantitative estimate of drug-likeness (QED) is 0.537. The van der Waals surface area contributed by atoms with E-state index in [4.69, 9.17) is 14.2 Å². The summed E-state index contributed by atoms with van der Waals surface area (Å²) in [5, 5.41) is 0. The third-order valence-electron chi connectivity index (χ3n) is 5.72. The fourth-order valence-corrected chi connectivity index (χ4v) is 4.10. The Labute approximate surface area is 181 Å². The number of methoxy groups -OCH3 is 3. The van der Waals surface area contributed by atoms with Gasteiger partial charge in [-0.05, 0) is 30.2 Å². The highest BCUT2D eigenvalue weighted by atomic mass is 16.5. The molecule has 0 N–H and O–H groups in total. The van der Waals surface area contributed by atoms with Crippen LogP contribution in [-0.4, -0.2) is 51.8 Å². The van der Waals surface area contributed by atoms with Crippen LogP contribution >= 0.6 is 0 Å². The molecule has 8 heteroatoms. The van der Waals surface area contributed by atoms with Crippen LogP contribution in [0.2, 0.25) is 0 Å². The molecule has 0 aromatic heterocycles. The third kappa shape index (κ3) is 3.37. The first-order valence-corrected chi connectivity index (χ1v) is 9.76. The molecule has 31 heavy (non-hydrogen) atoms. The van der Waals surface area contributed by atoms with Crippen molar-refractivity contribution >= 4 is 29.3 Å². The van der Waals surface area contributed by atoms with Crippen LogP contribution in [0.5, 0.6) is 0 Å². The normalized spacial score (nSPS) is 19.9. The first-order chi connectivity index (χ1) is 14.7. The summed E-state index contributed by atoms with van der Waals surface area (Å²) in [6.07, 6.45) is 4.81. The Morgan fingerprint density at radius 1 is 0.903 bits per heavy atom. The van der Waals surface area contributed by atoms with Gasteiger partial charge < -0.3 is 24.0 Å². The summed E-state index contributed by atoms with van der Waals surface area (Å²) in [5.41, 5.74) is 0.925. The van der Waals surface area contributed by atoms with E-state index in [1.807, 2.05) is 43.0 Å². The average Bonchev–Trinajstić information content (AvgIpc) is 2.90. The number of anilines is 2. The summed E-state index contributed by atoms with van der Waals surface area (Å²) in [6.45, 7) is 3.86. The molecule has 0 bridgehead atoms. The molecule has 0 amide bonds. The van der Waals surface area contributed by atoms with Crippen LogP contribution in [0.25, 0.3) is 0 Å². The van der Waals surface area contributed by atoms with Crippen molar-refractivity contribution in [2.45, 2.75) is 19.4 Å². The van der Waals surface area contributed by atoms with E-state index in [9.17, 15) is 14.4 Å². The zero-order valence-electron chi connectivity index (χ0n) is 18.5. The van der Waals surface area contributed by atoms with Gasteiger partial charge in [0.2, 0.25) is 0 Å². The van der Waals surface area contributed by atoms with E-state index in [-0.39, 0.29) is 22.8 Å². The average molecular weight is 426 g/mol. The number of nitrogens with zero attached hydrogens (tertiary/aromatic N) is 2. The molecule has 0 unspecified atom stereocenters. The highest BCUT2D eigenvalue weighted by Crippen LogP contribution is 2.48. The van der Waals surface area contributed by atoms with Gasteiger partial charge in [-0.25, -0.2) is 14.4 Å². The Bertz CT molecular complexity index is 1020. The lowest BCUT2D eigenvalue weighted by molar-refractivity contribution is -0.138. The molecule has 164 valence electrons. The number of carbonyl (C=O) groups is 3. The first kappa shape index (κ1) is 22.1. The van der Waals surface area contributed by atoms with E-state index in [1.165, 1.54) is 27.4 Å². The van der Waals surface area contributed by atoms with Gasteiger partial charge in [0, 0.05) is 13.2 Å². The molecule has 1 aromatic carbocycles. The zero-order valence-corrected chi connectivity index (χ0v) is 18.5. The molecule has 2 aliphatic heterocycles. The van der Waals surface area contributed by atoms with Crippen molar-refractivity contribution in [1.82, 2.24) is 0 Å². The van der Waals surface area contributed by atoms with Crippen LogP contribution in [0.4, 0.5) is 11.4 Å². The van der Waals surface area contributed by atoms with Crippen LogP contribution < -0.4 is 9.80 Å². The summed E-state index contributed by atoms with van der Waals surface area (Å²) in [7, 11) is 5.61. The van der Waals surface area contributed by atoms with E-state index in [1.54, 1.807) is 24.2 Å². The summed E-state index contributed by atoms with van der Waals surface area (Å²) < 4.78 is 15.0. The summed E-state index contributed by atoms with van der Waals surface area (Å²) in [6, 6.07) is 7.41. The Morgan fingerprint density at radius 3 is 2.03 bits per heavy atom. The number of ether oxygens (including phenoxy) is 3. The molecule has 0 saturated heterocycles. The maximum Gasteiger partial charge on any atom is 0.354 e. The van der Waals surface area contributed by atoms with Crippen LogP contribution in [0, 0.1) is 5.92 Å². The van der Waals surface area contributed by atoms with Gasteiger partial charge in [0.25, 0.3) is 0 Å². The molecule has 2 aliphatic rings. The summed E-state index contributed by atoms with van der Waals surface area (Å²) >= 11 is 0. The monoisotopic (exact) mass is 426 g/mol. The van der Waals surface area contributed by atoms with Gasteiger partial charge in [-0.3, -0.25) is 0 Å². The van der Waals surface area contributed by atoms with Crippen molar-refractivity contribution in [3.05, 3.63) is 59.5 Å². The number of likely N-dealkylation sites (N-methyl/N-ethyl adjacent to an activating group) is 1. The fraction of sp³-hybridized carbons (Fsp3) is 0.348. The van der Waals surface area contributed by atoms with E-state index < -0.39 is 23.4 Å². The first-order valence-electron chi connectivity index (χ1n) is 9.76. The van der Waals surface area contributed by atoms with E-state index in [0.29, 0.717) is 11.4 Å². The van der Waals surface area contributed by atoms with Crippen LogP contribution in [-0.2, 0) is 28.6 Å². The van der Waals surface area contributed by atoms with E-state index >= 15 is 0 Å². The van der Waals surface area contributed by atoms with Crippen LogP contribution in [0.1, 0.15) is 13.8 Å². The minimum absolute atomic E-state index is 0.187. The maximum absolute atomic E-state index is 13.0. The second-order valence-electron chi connectivity index (χ2n) is 7.54. The second-order valence-corrected chi connectivity index (χ2v) is 7.54. The highest BCUT2D eigenvalue weighted by molar-refractivity contribution is 6.04. The molecule has 0 radical (unpaired) electrons. The highest BCUT2D eigenvalue weighted by Gasteiger charge is 2.50. The van der Waals surface area contributed by atoms with Crippen molar-refractivity contribution in [2.75, 3.05) is 38.2 Å². The molecule has 8 nitrogen and oxygen atoms in total. The molecule has 0 saturated carbocycles. The lowest BCUT2D eigenvalue weighted by Crippen LogP contribution is -2.54. The molecule has 0 aliphatic carbocycles. The lowest BCUT2D eigenvalue weighted by Gasteiger charge is -2.47. The number of fused-ring (bicyclic) bond motifs is 3. The van der Waals surface area contributed by atoms with E-state index in [2.05, 4.69) is 0 Å². The van der Waals surface area contributed by atoms with Gasteiger partial charge in [-0.1, -0.05) is 26.0 Å². The van der Waals surface area contributed by atoms with E-state index in [0.717, 1.165) is 0 Å². The molecule has 1 aromatic rings. The van der Waals surface area contributed by atoms with Gasteiger partial charge >= 0.3 is 17.9 Å². The zero-order chi connectivity index (χ0) is 22.9. The third-order valence-corrected chi connectivity index (χ3v) is 5.72. The minimum Gasteiger partial charge on any atom is -0.466 e. The number of para-hydroxylation sites is 2. The predicted octanol–water partition coefficient (Wildman–Crippen LogP) is 2.56. The number of carbonyl (C=O) groups excluding carboxylic acids is 3. The summed E-state index contributed by atoms with van der Waals surface area (Å²) in [5.74, 6) is -1.97. The molecular formula is C23H26N2O6. The molecular weight excluding hydrogens is 400 g/mol. The van der Waals surface area contributed by atoms with Crippen molar-refractivity contribution in [1.29, 1.82) is 0 Å². The fourth-order valence-electron chi connectivity index (χ4n) is 4.10. The van der Waals surface area contributed by atoms with Gasteiger partial charge in [-0.2, -0.15) is 0 Å². The van der Waals surface area contributed by atoms with Crippen molar-refractivity contribution < 1.29 is 28.6 Å². The Balaban J connectivity index is 2.47. The topological polar surface area (TPSA) is 85.4 Å². The number of esters is 3. The summed E-state index contributed by atoms with van der Waals surface area (Å²) in [4.78, 5) is 41.7. The number of rotatable bonds is 4. The molecule has 0 spiro atoms. The predicted molar refractivity (Wildman–Crippen MR) is 115 cm³/mol. The van der Waals surface area contributed by atoms with Gasteiger partial charge in [-0.15, -0.1) is 0 Å². The Hall–Kier alpha value is -3.55. The minimum atomic E-state index is -1.13. The second kappa shape index (κ2) is 8.29. The lowest BCUT2D eigenvalue weighted by atomic mass is 9.74. The number of hydrogen-bond donors (Lipinski definition) is 0. The largest absolute Gasteiger partial charge is 0.466 e. The molecule has 0 fully saturated rings. The van der Waals surface area contributed by atoms with Crippen LogP contribution in [0.3, 0.4) is 0 Å². The Kier molecular flexibility index (Phi) is 5.92. The van der Waals surface area contributed by atoms with Gasteiger partial charge in [0.05, 0.1) is 43.9 Å². The van der Waals surface area contributed by atoms with Crippen LogP contribution in [0.15, 0.2) is 59.5 Å². The van der Waals surface area contributed by atoms with Crippen molar-refractivity contribution in [2.24, 2.45) is 5.92 Å². The SMILES string of the molecule is COC(=O)C1=CN2c3ccccc3N(C)C(C(=O)OC)=C[C@]2(C(C)C)C(C(=O)OC)=C1. The van der Waals surface area contributed by atoms with Gasteiger partial charge in [0.1, 0.15) is 11.2 Å². The van der Waals surface area contributed by atoms with Gasteiger partial charge in [0.15, 0.2) is 0 Å². The number of hydrogen-bond acceptors (Lipinski definition) is 8. The van der Waals surface area contributed by atoms with Crippen molar-refractivity contribution in [3.8, 4) is 0 Å².